The number of hydrogen-bond acceptors (Lipinski definition) is 1. The van der Waals surface area contributed by atoms with E-state index in [4.69, 9.17) is 12.6 Å². The van der Waals surface area contributed by atoms with Gasteiger partial charge in [-0.2, -0.15) is 6.32 Å². The second kappa shape index (κ2) is 8.71. The summed E-state index contributed by atoms with van der Waals surface area (Å²) in [7, 11) is 5.13. The molecule has 0 unspecified atom stereocenters. The summed E-state index contributed by atoms with van der Waals surface area (Å²) in [5.41, 5.74) is 0. The van der Waals surface area contributed by atoms with E-state index in [2.05, 4.69) is 13.8 Å². The fourth-order valence-electron chi connectivity index (χ4n) is 0.329. The van der Waals surface area contributed by atoms with Crippen molar-refractivity contribution in [2.75, 3.05) is 6.61 Å². The molecule has 0 saturated heterocycles. The molecule has 0 fully saturated rings. The third-order valence-corrected chi connectivity index (χ3v) is 0.644. The van der Waals surface area contributed by atoms with Crippen LogP contribution in [0.3, 0.4) is 0 Å². The van der Waals surface area contributed by atoms with Crippen molar-refractivity contribution in [3.05, 3.63) is 6.61 Å². The van der Waals surface area contributed by atoms with Crippen LogP contribution in [0.1, 0.15) is 13.8 Å². The first-order chi connectivity index (χ1) is 3.77. The molecule has 0 spiro atoms. The summed E-state index contributed by atoms with van der Waals surface area (Å²) in [5.74, 6) is 0.595. The molecule has 0 N–H and O–H groups in total. The van der Waals surface area contributed by atoms with Gasteiger partial charge in [0.25, 0.3) is 0 Å². The van der Waals surface area contributed by atoms with Gasteiger partial charge in [-0.15, -0.1) is 0 Å². The van der Waals surface area contributed by atoms with E-state index in [9.17, 15) is 0 Å². The van der Waals surface area contributed by atoms with Gasteiger partial charge in [0.1, 0.15) is 0 Å². The van der Waals surface area contributed by atoms with Crippen molar-refractivity contribution in [2.45, 2.75) is 20.2 Å². The van der Waals surface area contributed by atoms with Gasteiger partial charge in [0.05, 0.1) is 0 Å². The van der Waals surface area contributed by atoms with Crippen molar-refractivity contribution in [3.8, 4) is 0 Å². The standard InChI is InChI=1S/C6H12BO.W/c1-6(2)5-8-4-3-7;/h4,6H,3,5H2,1-2H3;/q-1;. The Kier molecular flexibility index (Phi) is 12.0. The summed E-state index contributed by atoms with van der Waals surface area (Å²) < 4.78 is 4.99. The number of hydrogen-bond donors (Lipinski definition) is 0. The van der Waals surface area contributed by atoms with E-state index in [1.54, 1.807) is 6.61 Å². The third-order valence-electron chi connectivity index (χ3n) is 0.644. The predicted octanol–water partition coefficient (Wildman–Crippen LogP) is 1.41. The maximum absolute atomic E-state index is 5.13. The quantitative estimate of drug-likeness (QED) is 0.433. The van der Waals surface area contributed by atoms with Crippen molar-refractivity contribution >= 4 is 7.85 Å². The molecule has 0 bridgehead atoms. The molecule has 1 nitrogen and oxygen atoms in total. The van der Waals surface area contributed by atoms with Crippen molar-refractivity contribution in [1.29, 1.82) is 0 Å². The van der Waals surface area contributed by atoms with E-state index in [1.807, 2.05) is 0 Å². The Balaban J connectivity index is 0. The van der Waals surface area contributed by atoms with Crippen LogP contribution in [0.2, 0.25) is 6.32 Å². The SMILES string of the molecule is [B]C[CH-]OCC(C)C.[W]. The molecule has 0 atom stereocenters. The van der Waals surface area contributed by atoms with E-state index in [1.165, 1.54) is 0 Å². The molecule has 0 aromatic carbocycles. The van der Waals surface area contributed by atoms with Gasteiger partial charge in [0, 0.05) is 35.5 Å². The molecule has 0 aromatic heterocycles. The van der Waals surface area contributed by atoms with E-state index < -0.39 is 0 Å². The molecule has 3 heteroatoms. The molecule has 0 aliphatic heterocycles. The molecule has 0 aliphatic carbocycles. The minimum Gasteiger partial charge on any atom is -0.552 e. The van der Waals surface area contributed by atoms with Crippen LogP contribution < -0.4 is 0 Å². The predicted molar refractivity (Wildman–Crippen MR) is 35.7 cm³/mol. The van der Waals surface area contributed by atoms with Crippen LogP contribution in [0.15, 0.2) is 0 Å². The Morgan fingerprint density at radius 3 is 2.44 bits per heavy atom. The van der Waals surface area contributed by atoms with Gasteiger partial charge in [0.15, 0.2) is 0 Å². The summed E-state index contributed by atoms with van der Waals surface area (Å²) in [5, 5.41) is 0. The van der Waals surface area contributed by atoms with Crippen LogP contribution in [0, 0.1) is 12.5 Å². The topological polar surface area (TPSA) is 9.23 Å². The molecular formula is C6H12BOW-. The average molecular weight is 295 g/mol. The maximum Gasteiger partial charge on any atom is 0.0299 e. The van der Waals surface area contributed by atoms with Crippen LogP contribution in [-0.2, 0) is 25.8 Å². The van der Waals surface area contributed by atoms with Crippen molar-refractivity contribution < 1.29 is 25.8 Å². The van der Waals surface area contributed by atoms with Gasteiger partial charge in [-0.25, -0.2) is 6.61 Å². The summed E-state index contributed by atoms with van der Waals surface area (Å²) in [6, 6.07) is 0. The average Bonchev–Trinajstić information content (AvgIpc) is 1.66. The number of rotatable bonds is 4. The Hall–Kier alpha value is 0.713. The first-order valence-electron chi connectivity index (χ1n) is 2.90. The van der Waals surface area contributed by atoms with Crippen LogP contribution in [0.5, 0.6) is 0 Å². The Bertz CT molecular complexity index is 50.3. The van der Waals surface area contributed by atoms with E-state index in [0.29, 0.717) is 12.2 Å². The molecule has 0 saturated carbocycles. The summed E-state index contributed by atoms with van der Waals surface area (Å²) in [6.45, 7) is 6.60. The smallest absolute Gasteiger partial charge is 0.0299 e. The van der Waals surface area contributed by atoms with Gasteiger partial charge in [0.2, 0.25) is 0 Å². The minimum absolute atomic E-state index is 0. The first-order valence-corrected chi connectivity index (χ1v) is 2.90. The molecule has 0 amide bonds. The van der Waals surface area contributed by atoms with Crippen molar-refractivity contribution in [3.63, 3.8) is 0 Å². The molecule has 0 heterocycles. The molecule has 9 heavy (non-hydrogen) atoms. The maximum atomic E-state index is 5.13. The van der Waals surface area contributed by atoms with E-state index in [0.717, 1.165) is 6.61 Å². The number of ether oxygens (including phenoxy) is 1. The van der Waals surface area contributed by atoms with Crippen LogP contribution >= 0.6 is 0 Å². The molecule has 52 valence electrons. The van der Waals surface area contributed by atoms with Gasteiger partial charge in [-0.1, -0.05) is 13.8 Å². The van der Waals surface area contributed by atoms with Crippen LogP contribution in [-0.4, -0.2) is 14.5 Å². The van der Waals surface area contributed by atoms with Gasteiger partial charge in [-0.05, 0) is 5.92 Å². The van der Waals surface area contributed by atoms with Gasteiger partial charge in [-0.3, -0.25) is 0 Å². The molecule has 0 aliphatic rings. The van der Waals surface area contributed by atoms with E-state index in [-0.39, 0.29) is 21.1 Å². The monoisotopic (exact) mass is 295 g/mol. The molecular weight excluding hydrogens is 283 g/mol. The van der Waals surface area contributed by atoms with Crippen LogP contribution in [0.4, 0.5) is 0 Å². The molecule has 2 radical (unpaired) electrons. The summed E-state index contributed by atoms with van der Waals surface area (Å²) >= 11 is 0. The van der Waals surface area contributed by atoms with Gasteiger partial charge < -0.3 is 4.74 Å². The Labute approximate surface area is 73.2 Å². The zero-order chi connectivity index (χ0) is 6.41. The Morgan fingerprint density at radius 1 is 1.56 bits per heavy atom. The summed E-state index contributed by atoms with van der Waals surface area (Å²) in [4.78, 5) is 0. The fraction of sp³-hybridized carbons (Fsp3) is 0.833. The van der Waals surface area contributed by atoms with Crippen molar-refractivity contribution in [2.24, 2.45) is 5.92 Å². The zero-order valence-corrected chi connectivity index (χ0v) is 8.90. The van der Waals surface area contributed by atoms with Gasteiger partial charge >= 0.3 is 0 Å². The second-order valence-electron chi connectivity index (χ2n) is 2.13. The Morgan fingerprint density at radius 2 is 2.11 bits per heavy atom. The van der Waals surface area contributed by atoms with Crippen LogP contribution in [0.25, 0.3) is 0 Å². The summed E-state index contributed by atoms with van der Waals surface area (Å²) in [6.07, 6.45) is 0.507. The molecule has 0 rings (SSSR count). The van der Waals surface area contributed by atoms with E-state index >= 15 is 0 Å². The fourth-order valence-corrected chi connectivity index (χ4v) is 0.329. The zero-order valence-electron chi connectivity index (χ0n) is 5.96. The van der Waals surface area contributed by atoms with Crippen molar-refractivity contribution in [1.82, 2.24) is 0 Å². The third kappa shape index (κ3) is 12.0. The first kappa shape index (κ1) is 12.4. The molecule has 0 aromatic rings. The largest absolute Gasteiger partial charge is 0.552 e. The normalized spacial score (nSPS) is 9.22. The minimum atomic E-state index is 0. The second-order valence-corrected chi connectivity index (χ2v) is 2.13.